The topological polar surface area (TPSA) is 47.7 Å². The number of nitrogens with two attached hydrogens (primary N) is 1. The number of fused-ring (bicyclic) bond motifs is 1. The van der Waals surface area contributed by atoms with Crippen LogP contribution in [0.2, 0.25) is 0 Å². The van der Waals surface area contributed by atoms with Crippen molar-refractivity contribution in [2.45, 2.75) is 18.6 Å². The molecule has 1 aromatic rings. The first-order valence-electron chi connectivity index (χ1n) is 7.10. The van der Waals surface area contributed by atoms with E-state index in [1.165, 1.54) is 11.1 Å². The van der Waals surface area contributed by atoms with Crippen LogP contribution in [0, 0.1) is 0 Å². The Bertz CT molecular complexity index is 424. The summed E-state index contributed by atoms with van der Waals surface area (Å²) in [5, 5.41) is 0. The zero-order valence-electron chi connectivity index (χ0n) is 11.3. The summed E-state index contributed by atoms with van der Waals surface area (Å²) in [6.07, 6.45) is 1.40. The van der Waals surface area contributed by atoms with E-state index < -0.39 is 0 Å². The highest BCUT2D eigenvalue weighted by Gasteiger charge is 2.26. The number of hydrogen-bond donors (Lipinski definition) is 1. The van der Waals surface area contributed by atoms with Gasteiger partial charge in [-0.3, -0.25) is 4.90 Å². The lowest BCUT2D eigenvalue weighted by Crippen LogP contribution is -2.47. The third-order valence-electron chi connectivity index (χ3n) is 4.00. The number of rotatable bonds is 3. The summed E-state index contributed by atoms with van der Waals surface area (Å²) in [6, 6.07) is 8.62. The summed E-state index contributed by atoms with van der Waals surface area (Å²) in [7, 11) is 0. The fraction of sp³-hybridized carbons (Fsp3) is 0.600. The lowest BCUT2D eigenvalue weighted by molar-refractivity contribution is -0.0505. The minimum atomic E-state index is 0.174. The molecule has 0 bridgehead atoms. The molecule has 19 heavy (non-hydrogen) atoms. The molecule has 1 saturated heterocycles. The van der Waals surface area contributed by atoms with Crippen molar-refractivity contribution in [3.05, 3.63) is 35.4 Å². The molecule has 0 amide bonds. The van der Waals surface area contributed by atoms with Crippen molar-refractivity contribution in [2.75, 3.05) is 39.4 Å². The summed E-state index contributed by atoms with van der Waals surface area (Å²) in [5.74, 6) is 0. The predicted molar refractivity (Wildman–Crippen MR) is 74.1 cm³/mol. The van der Waals surface area contributed by atoms with E-state index in [9.17, 15) is 0 Å². The Morgan fingerprint density at radius 3 is 3.00 bits per heavy atom. The maximum absolute atomic E-state index is 5.96. The highest BCUT2D eigenvalue weighted by molar-refractivity contribution is 5.31. The van der Waals surface area contributed by atoms with E-state index in [4.69, 9.17) is 15.2 Å². The van der Waals surface area contributed by atoms with Crippen LogP contribution in [-0.4, -0.2) is 50.4 Å². The van der Waals surface area contributed by atoms with Gasteiger partial charge in [0.2, 0.25) is 0 Å². The highest BCUT2D eigenvalue weighted by Crippen LogP contribution is 2.28. The fourth-order valence-corrected chi connectivity index (χ4v) is 2.95. The maximum atomic E-state index is 5.96. The van der Waals surface area contributed by atoms with Gasteiger partial charge in [0.15, 0.2) is 0 Å². The van der Waals surface area contributed by atoms with Crippen molar-refractivity contribution in [2.24, 2.45) is 5.73 Å². The monoisotopic (exact) mass is 262 g/mol. The Balaban J connectivity index is 1.67. The van der Waals surface area contributed by atoms with Crippen LogP contribution in [0.1, 0.15) is 17.2 Å². The number of morpholine rings is 1. The van der Waals surface area contributed by atoms with Gasteiger partial charge in [-0.25, -0.2) is 0 Å². The van der Waals surface area contributed by atoms with Crippen molar-refractivity contribution in [3.63, 3.8) is 0 Å². The zero-order valence-corrected chi connectivity index (χ0v) is 11.3. The van der Waals surface area contributed by atoms with Gasteiger partial charge in [0, 0.05) is 26.2 Å². The summed E-state index contributed by atoms with van der Waals surface area (Å²) in [6.45, 7) is 5.02. The minimum Gasteiger partial charge on any atom is -0.374 e. The van der Waals surface area contributed by atoms with Crippen LogP contribution in [0.5, 0.6) is 0 Å². The number of ether oxygens (including phenoxy) is 2. The predicted octanol–water partition coefficient (Wildman–Crippen LogP) is 0.960. The summed E-state index contributed by atoms with van der Waals surface area (Å²) in [5.41, 5.74) is 8.48. The average molecular weight is 262 g/mol. The summed E-state index contributed by atoms with van der Waals surface area (Å²) < 4.78 is 11.6. The normalized spacial score (nSPS) is 28.1. The van der Waals surface area contributed by atoms with Gasteiger partial charge in [-0.2, -0.15) is 0 Å². The van der Waals surface area contributed by atoms with Gasteiger partial charge in [-0.1, -0.05) is 24.3 Å². The van der Waals surface area contributed by atoms with Crippen LogP contribution in [0.3, 0.4) is 0 Å². The van der Waals surface area contributed by atoms with Crippen LogP contribution < -0.4 is 5.73 Å². The van der Waals surface area contributed by atoms with Crippen molar-refractivity contribution < 1.29 is 9.47 Å². The first kappa shape index (κ1) is 13.1. The van der Waals surface area contributed by atoms with E-state index in [1.807, 2.05) is 0 Å². The van der Waals surface area contributed by atoms with Crippen molar-refractivity contribution in [1.29, 1.82) is 0 Å². The van der Waals surface area contributed by atoms with E-state index in [2.05, 4.69) is 29.2 Å². The minimum absolute atomic E-state index is 0.174. The SMILES string of the molecule is NCC1CN(CC2OCCc3ccccc32)CCO1. The molecule has 0 aliphatic carbocycles. The molecular formula is C15H22N2O2. The van der Waals surface area contributed by atoms with Crippen LogP contribution in [0.25, 0.3) is 0 Å². The molecule has 2 N–H and O–H groups in total. The highest BCUT2D eigenvalue weighted by atomic mass is 16.5. The molecule has 104 valence electrons. The molecule has 2 unspecified atom stereocenters. The third kappa shape index (κ3) is 2.98. The van der Waals surface area contributed by atoms with Gasteiger partial charge in [0.1, 0.15) is 0 Å². The van der Waals surface area contributed by atoms with Gasteiger partial charge in [0.25, 0.3) is 0 Å². The summed E-state index contributed by atoms with van der Waals surface area (Å²) in [4.78, 5) is 2.41. The molecule has 2 heterocycles. The second-order valence-corrected chi connectivity index (χ2v) is 5.30. The van der Waals surface area contributed by atoms with Gasteiger partial charge in [-0.15, -0.1) is 0 Å². The Hall–Kier alpha value is -0.940. The smallest absolute Gasteiger partial charge is 0.0954 e. The molecule has 4 heteroatoms. The Kier molecular flexibility index (Phi) is 4.13. The third-order valence-corrected chi connectivity index (χ3v) is 4.00. The van der Waals surface area contributed by atoms with Gasteiger partial charge in [-0.05, 0) is 17.5 Å². The molecule has 0 saturated carbocycles. The lowest BCUT2D eigenvalue weighted by Gasteiger charge is -2.36. The van der Waals surface area contributed by atoms with E-state index >= 15 is 0 Å². The molecule has 0 aromatic heterocycles. The molecule has 0 radical (unpaired) electrons. The zero-order chi connectivity index (χ0) is 13.1. The standard InChI is InChI=1S/C15H22N2O2/c16-9-13-10-17(6-8-18-13)11-15-14-4-2-1-3-12(14)5-7-19-15/h1-4,13,15H,5-11,16H2. The second-order valence-electron chi connectivity index (χ2n) is 5.30. The molecule has 1 aromatic carbocycles. The lowest BCUT2D eigenvalue weighted by atomic mass is 9.97. The molecule has 0 spiro atoms. The Morgan fingerprint density at radius 1 is 1.21 bits per heavy atom. The molecule has 2 aliphatic rings. The molecule has 1 fully saturated rings. The van der Waals surface area contributed by atoms with Gasteiger partial charge < -0.3 is 15.2 Å². The maximum Gasteiger partial charge on any atom is 0.0954 e. The van der Waals surface area contributed by atoms with E-state index in [0.717, 1.165) is 39.3 Å². The second kappa shape index (κ2) is 6.01. The number of benzene rings is 1. The van der Waals surface area contributed by atoms with E-state index in [-0.39, 0.29) is 12.2 Å². The Morgan fingerprint density at radius 2 is 2.11 bits per heavy atom. The fourth-order valence-electron chi connectivity index (χ4n) is 2.95. The van der Waals surface area contributed by atoms with Crippen molar-refractivity contribution >= 4 is 0 Å². The van der Waals surface area contributed by atoms with Crippen LogP contribution >= 0.6 is 0 Å². The van der Waals surface area contributed by atoms with E-state index in [0.29, 0.717) is 6.54 Å². The number of hydrogen-bond acceptors (Lipinski definition) is 4. The van der Waals surface area contributed by atoms with Crippen LogP contribution in [-0.2, 0) is 15.9 Å². The van der Waals surface area contributed by atoms with Crippen LogP contribution in [0.4, 0.5) is 0 Å². The first-order chi connectivity index (χ1) is 9.36. The summed E-state index contributed by atoms with van der Waals surface area (Å²) >= 11 is 0. The molecular weight excluding hydrogens is 240 g/mol. The molecule has 2 aliphatic heterocycles. The molecule has 4 nitrogen and oxygen atoms in total. The quantitative estimate of drug-likeness (QED) is 0.881. The van der Waals surface area contributed by atoms with Crippen molar-refractivity contribution in [1.82, 2.24) is 4.90 Å². The first-order valence-corrected chi connectivity index (χ1v) is 7.10. The molecule has 3 rings (SSSR count). The van der Waals surface area contributed by atoms with Gasteiger partial charge >= 0.3 is 0 Å². The number of nitrogens with zero attached hydrogens (tertiary/aromatic N) is 1. The largest absolute Gasteiger partial charge is 0.374 e. The molecule has 2 atom stereocenters. The average Bonchev–Trinajstić information content (AvgIpc) is 2.48. The van der Waals surface area contributed by atoms with Crippen LogP contribution in [0.15, 0.2) is 24.3 Å². The van der Waals surface area contributed by atoms with Crippen molar-refractivity contribution in [3.8, 4) is 0 Å². The van der Waals surface area contributed by atoms with Gasteiger partial charge in [0.05, 0.1) is 25.4 Å². The Labute approximate surface area is 114 Å². The van der Waals surface area contributed by atoms with E-state index in [1.54, 1.807) is 0 Å².